The summed E-state index contributed by atoms with van der Waals surface area (Å²) in [5, 5.41) is 8.10. The van der Waals surface area contributed by atoms with E-state index in [4.69, 9.17) is 4.74 Å². The van der Waals surface area contributed by atoms with Crippen LogP contribution in [-0.4, -0.2) is 29.0 Å². The standard InChI is InChI=1S/C15H28BrN3O/c1-6-10-19-13(12(16)11-18-19)14(17-9-4)15(7-2,8-3)20-5/h11,14,17H,6-10H2,1-5H3. The predicted octanol–water partition coefficient (Wildman–Crippen LogP) is 3.91. The number of nitrogens with zero attached hydrogens (tertiary/aromatic N) is 2. The predicted molar refractivity (Wildman–Crippen MR) is 87.0 cm³/mol. The van der Waals surface area contributed by atoms with Crippen molar-refractivity contribution in [2.24, 2.45) is 0 Å². The first-order chi connectivity index (χ1) is 9.60. The summed E-state index contributed by atoms with van der Waals surface area (Å²) in [6, 6.07) is 0.135. The van der Waals surface area contributed by atoms with Gasteiger partial charge in [0.05, 0.1) is 28.0 Å². The molecule has 0 aliphatic carbocycles. The minimum absolute atomic E-state index is 0.135. The molecule has 1 unspecified atom stereocenters. The van der Waals surface area contributed by atoms with Crippen LogP contribution in [0.25, 0.3) is 0 Å². The Bertz CT molecular complexity index is 394. The van der Waals surface area contributed by atoms with Crippen LogP contribution < -0.4 is 5.32 Å². The molecule has 1 atom stereocenters. The quantitative estimate of drug-likeness (QED) is 0.737. The Morgan fingerprint density at radius 2 is 2.00 bits per heavy atom. The number of likely N-dealkylation sites (N-methyl/N-ethyl adjacent to an activating group) is 1. The maximum Gasteiger partial charge on any atom is 0.0882 e. The summed E-state index contributed by atoms with van der Waals surface area (Å²) in [5.74, 6) is 0. The van der Waals surface area contributed by atoms with Gasteiger partial charge in [-0.05, 0) is 41.7 Å². The first-order valence-corrected chi connectivity index (χ1v) is 8.39. The Labute approximate surface area is 131 Å². The summed E-state index contributed by atoms with van der Waals surface area (Å²) in [4.78, 5) is 0. The molecule has 0 spiro atoms. The van der Waals surface area contributed by atoms with Gasteiger partial charge >= 0.3 is 0 Å². The normalized spacial score (nSPS) is 13.7. The summed E-state index contributed by atoms with van der Waals surface area (Å²) >= 11 is 3.66. The number of hydrogen-bond acceptors (Lipinski definition) is 3. The molecule has 1 rings (SSSR count). The first-order valence-electron chi connectivity index (χ1n) is 7.59. The van der Waals surface area contributed by atoms with Crippen LogP contribution in [0.1, 0.15) is 58.7 Å². The fraction of sp³-hybridized carbons (Fsp3) is 0.800. The largest absolute Gasteiger partial charge is 0.376 e. The number of rotatable bonds is 9. The number of ether oxygens (including phenoxy) is 1. The lowest BCUT2D eigenvalue weighted by atomic mass is 9.86. The smallest absolute Gasteiger partial charge is 0.0882 e. The molecule has 1 heterocycles. The second kappa shape index (κ2) is 8.15. The fourth-order valence-corrected chi connectivity index (χ4v) is 3.37. The molecule has 0 fully saturated rings. The molecule has 20 heavy (non-hydrogen) atoms. The maximum atomic E-state index is 5.94. The van der Waals surface area contributed by atoms with Crippen LogP contribution in [0.5, 0.6) is 0 Å². The molecular formula is C15H28BrN3O. The molecule has 0 aliphatic heterocycles. The Hall–Kier alpha value is -0.390. The molecule has 1 aromatic rings. The van der Waals surface area contributed by atoms with Gasteiger partial charge in [-0.3, -0.25) is 4.68 Å². The van der Waals surface area contributed by atoms with Crippen molar-refractivity contribution in [1.29, 1.82) is 0 Å². The molecule has 0 radical (unpaired) electrons. The number of aromatic nitrogens is 2. The van der Waals surface area contributed by atoms with Gasteiger partial charge in [0, 0.05) is 13.7 Å². The number of aryl methyl sites for hydroxylation is 1. The van der Waals surface area contributed by atoms with Gasteiger partial charge in [0.2, 0.25) is 0 Å². The zero-order chi connectivity index (χ0) is 15.2. The molecule has 0 saturated heterocycles. The van der Waals surface area contributed by atoms with Gasteiger partial charge in [0.25, 0.3) is 0 Å². The van der Waals surface area contributed by atoms with Gasteiger partial charge in [-0.25, -0.2) is 0 Å². The van der Waals surface area contributed by atoms with Crippen molar-refractivity contribution < 1.29 is 4.74 Å². The van der Waals surface area contributed by atoms with Crippen molar-refractivity contribution in [3.8, 4) is 0 Å². The van der Waals surface area contributed by atoms with Gasteiger partial charge in [-0.2, -0.15) is 5.10 Å². The van der Waals surface area contributed by atoms with Crippen LogP contribution >= 0.6 is 15.9 Å². The number of halogens is 1. The number of methoxy groups -OCH3 is 1. The van der Waals surface area contributed by atoms with Gasteiger partial charge in [0.1, 0.15) is 0 Å². The molecule has 0 amide bonds. The number of nitrogens with one attached hydrogen (secondary N) is 1. The SMILES string of the molecule is CCCn1ncc(Br)c1C(NCC)C(CC)(CC)OC. The molecular weight excluding hydrogens is 318 g/mol. The minimum Gasteiger partial charge on any atom is -0.376 e. The van der Waals surface area contributed by atoms with Crippen LogP contribution in [-0.2, 0) is 11.3 Å². The van der Waals surface area contributed by atoms with Gasteiger partial charge in [-0.15, -0.1) is 0 Å². The highest BCUT2D eigenvalue weighted by atomic mass is 79.9. The first kappa shape index (κ1) is 17.7. The summed E-state index contributed by atoms with van der Waals surface area (Å²) in [7, 11) is 1.81. The highest BCUT2D eigenvalue weighted by Crippen LogP contribution is 2.38. The zero-order valence-corrected chi connectivity index (χ0v) is 15.0. The van der Waals surface area contributed by atoms with Crippen LogP contribution in [0.2, 0.25) is 0 Å². The molecule has 116 valence electrons. The zero-order valence-electron chi connectivity index (χ0n) is 13.4. The molecule has 0 aromatic carbocycles. The Kier molecular flexibility index (Phi) is 7.20. The lowest BCUT2D eigenvalue weighted by Gasteiger charge is -2.39. The van der Waals surface area contributed by atoms with E-state index < -0.39 is 0 Å². The van der Waals surface area contributed by atoms with E-state index in [0.29, 0.717) is 0 Å². The van der Waals surface area contributed by atoms with Crippen LogP contribution in [0.15, 0.2) is 10.7 Å². The van der Waals surface area contributed by atoms with E-state index in [1.807, 2.05) is 13.3 Å². The lowest BCUT2D eigenvalue weighted by molar-refractivity contribution is -0.0505. The molecule has 1 N–H and O–H groups in total. The topological polar surface area (TPSA) is 39.1 Å². The molecule has 5 heteroatoms. The highest BCUT2D eigenvalue weighted by Gasteiger charge is 2.39. The minimum atomic E-state index is -0.204. The summed E-state index contributed by atoms with van der Waals surface area (Å²) < 4.78 is 9.09. The van der Waals surface area contributed by atoms with Gasteiger partial charge in [0.15, 0.2) is 0 Å². The van der Waals surface area contributed by atoms with E-state index in [1.54, 1.807) is 0 Å². The monoisotopic (exact) mass is 345 g/mol. The number of hydrogen-bond donors (Lipinski definition) is 1. The van der Waals surface area contributed by atoms with Crippen LogP contribution in [0.3, 0.4) is 0 Å². The molecule has 0 bridgehead atoms. The summed E-state index contributed by atoms with van der Waals surface area (Å²) in [6.45, 7) is 10.5. The second-order valence-electron chi connectivity index (χ2n) is 5.07. The van der Waals surface area contributed by atoms with Crippen molar-refractivity contribution in [3.63, 3.8) is 0 Å². The highest BCUT2D eigenvalue weighted by molar-refractivity contribution is 9.10. The van der Waals surface area contributed by atoms with Crippen LogP contribution in [0, 0.1) is 0 Å². The third kappa shape index (κ3) is 3.43. The van der Waals surface area contributed by atoms with E-state index in [0.717, 1.165) is 36.8 Å². The maximum absolute atomic E-state index is 5.94. The van der Waals surface area contributed by atoms with E-state index in [9.17, 15) is 0 Å². The Balaban J connectivity index is 3.28. The Morgan fingerprint density at radius 3 is 2.45 bits per heavy atom. The van der Waals surface area contributed by atoms with E-state index >= 15 is 0 Å². The van der Waals surface area contributed by atoms with Gasteiger partial charge in [-0.1, -0.05) is 27.7 Å². The summed E-state index contributed by atoms with van der Waals surface area (Å²) in [6.07, 6.45) is 4.88. The molecule has 0 aliphatic rings. The third-order valence-corrected chi connectivity index (χ3v) is 4.69. The summed E-state index contributed by atoms with van der Waals surface area (Å²) in [5.41, 5.74) is 0.989. The average Bonchev–Trinajstić information content (AvgIpc) is 2.81. The van der Waals surface area contributed by atoms with Crippen molar-refractivity contribution in [3.05, 3.63) is 16.4 Å². The van der Waals surface area contributed by atoms with Crippen molar-refractivity contribution in [2.45, 2.75) is 65.1 Å². The Morgan fingerprint density at radius 1 is 1.35 bits per heavy atom. The van der Waals surface area contributed by atoms with Gasteiger partial charge < -0.3 is 10.1 Å². The fourth-order valence-electron chi connectivity index (χ4n) is 2.85. The van der Waals surface area contributed by atoms with Crippen molar-refractivity contribution in [1.82, 2.24) is 15.1 Å². The van der Waals surface area contributed by atoms with Crippen LogP contribution in [0.4, 0.5) is 0 Å². The van der Waals surface area contributed by atoms with E-state index in [1.165, 1.54) is 5.69 Å². The molecule has 1 aromatic heterocycles. The third-order valence-electron chi connectivity index (χ3n) is 4.08. The van der Waals surface area contributed by atoms with E-state index in [2.05, 4.69) is 58.7 Å². The van der Waals surface area contributed by atoms with Crippen molar-refractivity contribution in [2.75, 3.05) is 13.7 Å². The van der Waals surface area contributed by atoms with Crippen molar-refractivity contribution >= 4 is 15.9 Å². The van der Waals surface area contributed by atoms with E-state index in [-0.39, 0.29) is 11.6 Å². The molecule has 4 nitrogen and oxygen atoms in total. The average molecular weight is 346 g/mol. The lowest BCUT2D eigenvalue weighted by Crippen LogP contribution is -2.46. The molecule has 0 saturated carbocycles. The second-order valence-corrected chi connectivity index (χ2v) is 5.92.